The topological polar surface area (TPSA) is 61.5 Å². The first-order chi connectivity index (χ1) is 11.7. The Morgan fingerprint density at radius 1 is 1.08 bits per heavy atom. The second-order valence-electron chi connectivity index (χ2n) is 4.91. The summed E-state index contributed by atoms with van der Waals surface area (Å²) >= 11 is 0. The van der Waals surface area contributed by atoms with Crippen LogP contribution >= 0.6 is 0 Å². The molecule has 1 aromatic heterocycles. The van der Waals surface area contributed by atoms with Crippen LogP contribution in [0.3, 0.4) is 0 Å². The third kappa shape index (κ3) is 3.95. The van der Waals surface area contributed by atoms with Crippen molar-refractivity contribution >= 4 is 6.21 Å². The number of ether oxygens (including phenoxy) is 2. The molecule has 0 N–H and O–H groups in total. The molecule has 0 aliphatic carbocycles. The van der Waals surface area contributed by atoms with E-state index in [2.05, 4.69) is 15.3 Å². The lowest BCUT2D eigenvalue weighted by Gasteiger charge is -2.11. The zero-order valence-corrected chi connectivity index (χ0v) is 13.0. The maximum atomic E-state index is 12.9. The van der Waals surface area contributed by atoms with E-state index in [0.717, 1.165) is 11.1 Å². The van der Waals surface area contributed by atoms with Crippen molar-refractivity contribution in [2.24, 2.45) is 5.10 Å². The molecule has 0 aliphatic heterocycles. The number of rotatable bonds is 6. The lowest BCUT2D eigenvalue weighted by atomic mass is 10.2. The number of hydrogen-bond acceptors (Lipinski definition) is 5. The van der Waals surface area contributed by atoms with Crippen LogP contribution in [0.25, 0.3) is 0 Å². The molecule has 0 amide bonds. The highest BCUT2D eigenvalue weighted by atomic mass is 19.1. The minimum absolute atomic E-state index is 0.270. The van der Waals surface area contributed by atoms with Gasteiger partial charge in [0.15, 0.2) is 11.5 Å². The Morgan fingerprint density at radius 3 is 2.54 bits per heavy atom. The van der Waals surface area contributed by atoms with E-state index < -0.39 is 0 Å². The quantitative estimate of drug-likeness (QED) is 0.654. The van der Waals surface area contributed by atoms with E-state index in [1.165, 1.54) is 29.5 Å². The van der Waals surface area contributed by atoms with Crippen molar-refractivity contribution in [1.29, 1.82) is 0 Å². The normalized spacial score (nSPS) is 10.9. The van der Waals surface area contributed by atoms with Gasteiger partial charge in [0.1, 0.15) is 25.1 Å². The summed E-state index contributed by atoms with van der Waals surface area (Å²) < 4.78 is 25.5. The molecule has 2 aromatic carbocycles. The maximum absolute atomic E-state index is 12.9. The Bertz CT molecular complexity index is 817. The van der Waals surface area contributed by atoms with Gasteiger partial charge in [-0.2, -0.15) is 5.10 Å². The van der Waals surface area contributed by atoms with E-state index in [4.69, 9.17) is 9.47 Å². The van der Waals surface area contributed by atoms with Crippen molar-refractivity contribution in [3.8, 4) is 11.5 Å². The molecule has 0 bridgehead atoms. The van der Waals surface area contributed by atoms with Crippen molar-refractivity contribution in [3.63, 3.8) is 0 Å². The van der Waals surface area contributed by atoms with Crippen molar-refractivity contribution in [2.45, 2.75) is 6.61 Å². The molecule has 1 heterocycles. The highest BCUT2D eigenvalue weighted by Crippen LogP contribution is 2.28. The monoisotopic (exact) mass is 326 g/mol. The Kier molecular flexibility index (Phi) is 4.81. The molecule has 3 rings (SSSR count). The third-order valence-corrected chi connectivity index (χ3v) is 3.24. The second kappa shape index (κ2) is 7.36. The minimum atomic E-state index is -0.270. The smallest absolute Gasteiger partial charge is 0.161 e. The number of methoxy groups -OCH3 is 1. The Hall–Kier alpha value is -3.22. The first-order valence-electron chi connectivity index (χ1n) is 7.19. The van der Waals surface area contributed by atoms with Gasteiger partial charge in [0.2, 0.25) is 0 Å². The molecule has 0 spiro atoms. The molecule has 3 aromatic rings. The molecule has 0 aliphatic rings. The largest absolute Gasteiger partial charge is 0.493 e. The van der Waals surface area contributed by atoms with E-state index >= 15 is 0 Å². The lowest BCUT2D eigenvalue weighted by Crippen LogP contribution is -1.98. The molecular weight excluding hydrogens is 311 g/mol. The summed E-state index contributed by atoms with van der Waals surface area (Å²) in [5.74, 6) is 0.918. The van der Waals surface area contributed by atoms with Crippen LogP contribution in [0.1, 0.15) is 11.1 Å². The van der Waals surface area contributed by atoms with Gasteiger partial charge in [-0.25, -0.2) is 9.07 Å². The van der Waals surface area contributed by atoms with Crippen LogP contribution in [-0.4, -0.2) is 28.2 Å². The highest BCUT2D eigenvalue weighted by molar-refractivity contribution is 5.80. The van der Waals surface area contributed by atoms with Crippen LogP contribution in [-0.2, 0) is 6.61 Å². The van der Waals surface area contributed by atoms with Gasteiger partial charge in [0.05, 0.1) is 13.3 Å². The van der Waals surface area contributed by atoms with E-state index in [1.54, 1.807) is 31.5 Å². The average molecular weight is 326 g/mol. The molecule has 0 saturated carbocycles. The standard InChI is InChI=1S/C17H15FN4O2/c1-23-17-8-14(9-21-22-11-19-20-12-22)4-7-16(17)24-10-13-2-5-15(18)6-3-13/h2-9,11-12H,10H2,1H3. The Balaban J connectivity index is 1.70. The van der Waals surface area contributed by atoms with Crippen molar-refractivity contribution < 1.29 is 13.9 Å². The molecule has 122 valence electrons. The zero-order valence-electron chi connectivity index (χ0n) is 13.0. The summed E-state index contributed by atoms with van der Waals surface area (Å²) in [6.07, 6.45) is 4.65. The van der Waals surface area contributed by atoms with E-state index in [1.807, 2.05) is 12.1 Å². The van der Waals surface area contributed by atoms with Gasteiger partial charge in [-0.1, -0.05) is 12.1 Å². The first kappa shape index (κ1) is 15.7. The van der Waals surface area contributed by atoms with Crippen molar-refractivity contribution in [2.75, 3.05) is 7.11 Å². The minimum Gasteiger partial charge on any atom is -0.493 e. The summed E-state index contributed by atoms with van der Waals surface area (Å²) in [5.41, 5.74) is 1.71. The van der Waals surface area contributed by atoms with Gasteiger partial charge < -0.3 is 9.47 Å². The Labute approximate surface area is 138 Å². The van der Waals surface area contributed by atoms with Crippen molar-refractivity contribution in [1.82, 2.24) is 14.9 Å². The van der Waals surface area contributed by atoms with E-state index in [9.17, 15) is 4.39 Å². The van der Waals surface area contributed by atoms with Crippen LogP contribution in [0.4, 0.5) is 4.39 Å². The molecular formula is C17H15FN4O2. The molecule has 0 fully saturated rings. The SMILES string of the molecule is COc1cc(C=Nn2cnnc2)ccc1OCc1ccc(F)cc1. The molecule has 0 unspecified atom stereocenters. The molecule has 0 saturated heterocycles. The van der Waals surface area contributed by atoms with Crippen LogP contribution < -0.4 is 9.47 Å². The third-order valence-electron chi connectivity index (χ3n) is 3.24. The molecule has 24 heavy (non-hydrogen) atoms. The van der Waals surface area contributed by atoms with Crippen LogP contribution in [0.15, 0.2) is 60.2 Å². The molecule has 7 heteroatoms. The zero-order chi connectivity index (χ0) is 16.8. The highest BCUT2D eigenvalue weighted by Gasteiger charge is 2.06. The van der Waals surface area contributed by atoms with Gasteiger partial charge >= 0.3 is 0 Å². The van der Waals surface area contributed by atoms with E-state index in [-0.39, 0.29) is 5.82 Å². The van der Waals surface area contributed by atoms with Crippen LogP contribution in [0.2, 0.25) is 0 Å². The first-order valence-corrected chi connectivity index (χ1v) is 7.19. The Morgan fingerprint density at radius 2 is 1.83 bits per heavy atom. The predicted molar refractivity (Wildman–Crippen MR) is 86.7 cm³/mol. The number of benzene rings is 2. The summed E-state index contributed by atoms with van der Waals surface area (Å²) in [7, 11) is 1.57. The number of nitrogens with zero attached hydrogens (tertiary/aromatic N) is 4. The second-order valence-corrected chi connectivity index (χ2v) is 4.91. The fraction of sp³-hybridized carbons (Fsp3) is 0.118. The van der Waals surface area contributed by atoms with Crippen LogP contribution in [0, 0.1) is 5.82 Å². The molecule has 0 radical (unpaired) electrons. The summed E-state index contributed by atoms with van der Waals surface area (Å²) in [6.45, 7) is 0.324. The summed E-state index contributed by atoms with van der Waals surface area (Å²) in [6, 6.07) is 11.6. The fourth-order valence-electron chi connectivity index (χ4n) is 2.01. The average Bonchev–Trinajstić information content (AvgIpc) is 3.13. The summed E-state index contributed by atoms with van der Waals surface area (Å²) in [5, 5.41) is 11.5. The summed E-state index contributed by atoms with van der Waals surface area (Å²) in [4.78, 5) is 0. The van der Waals surface area contributed by atoms with Gasteiger partial charge in [-0.3, -0.25) is 0 Å². The van der Waals surface area contributed by atoms with Gasteiger partial charge in [0.25, 0.3) is 0 Å². The van der Waals surface area contributed by atoms with Gasteiger partial charge in [-0.05, 0) is 41.5 Å². The molecule has 6 nitrogen and oxygen atoms in total. The number of halogens is 1. The number of aromatic nitrogens is 3. The van der Waals surface area contributed by atoms with E-state index in [0.29, 0.717) is 18.1 Å². The van der Waals surface area contributed by atoms with Gasteiger partial charge in [-0.15, -0.1) is 10.2 Å². The lowest BCUT2D eigenvalue weighted by molar-refractivity contribution is 0.284. The maximum Gasteiger partial charge on any atom is 0.161 e. The van der Waals surface area contributed by atoms with Crippen molar-refractivity contribution in [3.05, 3.63) is 72.1 Å². The number of hydrogen-bond donors (Lipinski definition) is 0. The van der Waals surface area contributed by atoms with Gasteiger partial charge in [0, 0.05) is 0 Å². The fourth-order valence-corrected chi connectivity index (χ4v) is 2.01. The molecule has 0 atom stereocenters. The predicted octanol–water partition coefficient (Wildman–Crippen LogP) is 2.89. The van der Waals surface area contributed by atoms with Crippen LogP contribution in [0.5, 0.6) is 11.5 Å².